The van der Waals surface area contributed by atoms with Gasteiger partial charge in [-0.2, -0.15) is 0 Å². The largest absolute Gasteiger partial charge is 1.00 e. The third-order valence-electron chi connectivity index (χ3n) is 0.333. The van der Waals surface area contributed by atoms with Crippen molar-refractivity contribution in [2.75, 3.05) is 0 Å². The van der Waals surface area contributed by atoms with Crippen molar-refractivity contribution in [2.45, 2.75) is 0 Å². The molecule has 0 aromatic heterocycles. The Hall–Kier alpha value is 5.27. The van der Waals surface area contributed by atoms with Crippen LogP contribution in [-0.4, -0.2) is 22.2 Å². The second kappa shape index (κ2) is 25.2. The molecule has 0 bridgehead atoms. The summed E-state index contributed by atoms with van der Waals surface area (Å²) >= 11 is 7.20. The fraction of sp³-hybridized carbons (Fsp3) is 0. The minimum atomic E-state index is -1.81. The van der Waals surface area contributed by atoms with Crippen LogP contribution in [0.3, 0.4) is 0 Å². The Labute approximate surface area is 273 Å². The molecule has 0 amide bonds. The van der Waals surface area contributed by atoms with Crippen LogP contribution in [0.2, 0.25) is 0 Å². The first kappa shape index (κ1) is 37.5. The van der Waals surface area contributed by atoms with Gasteiger partial charge in [-0.25, -0.2) is 0 Å². The van der Waals surface area contributed by atoms with Crippen molar-refractivity contribution in [3.8, 4) is 0 Å². The van der Waals surface area contributed by atoms with Gasteiger partial charge >= 0.3 is 206 Å². The van der Waals surface area contributed by atoms with Crippen LogP contribution in [-0.2, 0) is 44.4 Å². The van der Waals surface area contributed by atoms with E-state index >= 15 is 0 Å². The summed E-state index contributed by atoms with van der Waals surface area (Å²) in [6, 6.07) is 0. The maximum Gasteiger partial charge on any atom is 1.00 e. The Morgan fingerprint density at radius 1 is 0.625 bits per heavy atom. The van der Waals surface area contributed by atoms with Crippen molar-refractivity contribution in [3.05, 3.63) is 0 Å². The fourth-order valence-corrected chi connectivity index (χ4v) is 0. The summed E-state index contributed by atoms with van der Waals surface area (Å²) < 4.78 is 0. The minimum Gasteiger partial charge on any atom is -0.736 e. The zero-order valence-electron chi connectivity index (χ0n) is 9.27. The molecule has 0 rings (SSSR count). The molecule has 0 N–H and O–H groups in total. The summed E-state index contributed by atoms with van der Waals surface area (Å²) in [5.41, 5.74) is 0. The molecule has 0 atom stereocenters. The van der Waals surface area contributed by atoms with Crippen LogP contribution in [0, 0.1) is 0 Å². The van der Waals surface area contributed by atoms with Gasteiger partial charge in [-0.05, 0) is 0 Å². The molecule has 68 valence electrons. The second-order valence-electron chi connectivity index (χ2n) is 1.15. The van der Waals surface area contributed by atoms with E-state index in [-0.39, 0.29) is 206 Å². The van der Waals surface area contributed by atoms with Crippen LogP contribution in [0.4, 0.5) is 0 Å². The maximum atomic E-state index is 9.30. The number of hydrogen-bond acceptors (Lipinski definition) is 8. The molecule has 12 heteroatoms. The van der Waals surface area contributed by atoms with Crippen LogP contribution >= 0.6 is 0 Å². The number of carboxylic acids is 2. The predicted molar refractivity (Wildman–Crippen MR) is 34.8 cm³/mol. The number of aliphatic carboxylic acids is 2. The SMILES string of the molecule is O=C([O-])C(=O)[S-].O=C([O-])C(=O)[S-].[K+].[K+].[K+].[K+]. The van der Waals surface area contributed by atoms with Gasteiger partial charge in [0, 0.05) is 0 Å². The van der Waals surface area contributed by atoms with Crippen LogP contribution in [0.25, 0.3) is 0 Å². The molecule has 0 aliphatic heterocycles. The van der Waals surface area contributed by atoms with Gasteiger partial charge in [0.25, 0.3) is 0 Å². The molecule has 0 saturated heterocycles. The summed E-state index contributed by atoms with van der Waals surface area (Å²) in [6.07, 6.45) is 0. The Bertz CT molecular complexity index is 187. The second-order valence-corrected chi connectivity index (χ2v) is 1.89. The molecule has 0 spiro atoms. The Morgan fingerprint density at radius 2 is 0.688 bits per heavy atom. The van der Waals surface area contributed by atoms with E-state index in [2.05, 4.69) is 25.3 Å². The molecule has 0 aromatic carbocycles. The number of rotatable bonds is 2. The number of hydrogen-bond donors (Lipinski definition) is 0. The van der Waals surface area contributed by atoms with Gasteiger partial charge in [0.05, 0.1) is 22.2 Å². The summed E-state index contributed by atoms with van der Waals surface area (Å²) in [6.45, 7) is 0. The van der Waals surface area contributed by atoms with E-state index in [0.717, 1.165) is 0 Å². The zero-order valence-corrected chi connectivity index (χ0v) is 23.4. The molecular weight excluding hydrogens is 365 g/mol. The van der Waals surface area contributed by atoms with Gasteiger partial charge in [-0.3, -0.25) is 0 Å². The predicted octanol–water partition coefficient (Wildman–Crippen LogP) is -16.4. The third-order valence-corrected chi connectivity index (χ3v) is 0.667. The molecule has 0 aliphatic rings. The molecule has 0 fully saturated rings. The first-order valence-electron chi connectivity index (χ1n) is 2.13. The Kier molecular flexibility index (Phi) is 59.1. The average molecular weight is 365 g/mol. The van der Waals surface area contributed by atoms with E-state index < -0.39 is 22.2 Å². The summed E-state index contributed by atoms with van der Waals surface area (Å²) in [4.78, 5) is 36.9. The molecule has 16 heavy (non-hydrogen) atoms. The molecule has 0 unspecified atom stereocenters. The van der Waals surface area contributed by atoms with Crippen molar-refractivity contribution in [2.24, 2.45) is 0 Å². The topological polar surface area (TPSA) is 114 Å². The smallest absolute Gasteiger partial charge is 0.736 e. The third kappa shape index (κ3) is 36.5. The Balaban J connectivity index is -0.0000000250. The molecule has 0 radical (unpaired) electrons. The van der Waals surface area contributed by atoms with E-state index in [0.29, 0.717) is 0 Å². The van der Waals surface area contributed by atoms with Gasteiger partial charge in [-0.15, -0.1) is 0 Å². The average Bonchev–Trinajstić information content (AvgIpc) is 1.88. The van der Waals surface area contributed by atoms with Crippen molar-refractivity contribution in [1.29, 1.82) is 0 Å². The first-order valence-corrected chi connectivity index (χ1v) is 2.95. The molecule has 6 nitrogen and oxygen atoms in total. The van der Waals surface area contributed by atoms with Crippen LogP contribution in [0.15, 0.2) is 0 Å². The molecule has 0 aromatic rings. The standard InChI is InChI=1S/2C2H2O3S.4K/c2*3-1(4)2(5)6;;;;/h2*(H,3,4)(H,5,6);;;;/q;;4*+1/p-4. The van der Waals surface area contributed by atoms with Gasteiger partial charge in [0.1, 0.15) is 0 Å². The van der Waals surface area contributed by atoms with Crippen LogP contribution in [0.1, 0.15) is 0 Å². The van der Waals surface area contributed by atoms with E-state index in [1.165, 1.54) is 0 Å². The van der Waals surface area contributed by atoms with E-state index in [4.69, 9.17) is 19.8 Å². The monoisotopic (exact) mass is 364 g/mol. The quantitative estimate of drug-likeness (QED) is 0.270. The van der Waals surface area contributed by atoms with Gasteiger partial charge in [0.15, 0.2) is 0 Å². The van der Waals surface area contributed by atoms with Gasteiger partial charge in [0.2, 0.25) is 0 Å². The molecule has 0 heterocycles. The van der Waals surface area contributed by atoms with Gasteiger partial charge in [-0.1, -0.05) is 0 Å². The van der Waals surface area contributed by atoms with Crippen molar-refractivity contribution in [3.63, 3.8) is 0 Å². The number of carbonyl (C=O) groups is 4. The normalized spacial score (nSPS) is 5.50. The van der Waals surface area contributed by atoms with Gasteiger partial charge < -0.3 is 54.6 Å². The van der Waals surface area contributed by atoms with E-state index in [1.807, 2.05) is 0 Å². The Morgan fingerprint density at radius 3 is 0.688 bits per heavy atom. The van der Waals surface area contributed by atoms with E-state index in [1.54, 1.807) is 0 Å². The summed E-state index contributed by atoms with van der Waals surface area (Å²) in [7, 11) is 0. The molecule has 0 aliphatic carbocycles. The zero-order chi connectivity index (χ0) is 10.3. The van der Waals surface area contributed by atoms with Crippen LogP contribution in [0.5, 0.6) is 0 Å². The van der Waals surface area contributed by atoms with Crippen molar-refractivity contribution < 1.29 is 235 Å². The first-order chi connectivity index (χ1) is 5.29. The maximum absolute atomic E-state index is 9.30. The summed E-state index contributed by atoms with van der Waals surface area (Å²) in [5, 5.41) is 15.6. The minimum absolute atomic E-state index is 0. The fourth-order valence-electron chi connectivity index (χ4n) is 0. The molecule has 0 saturated carbocycles. The number of carbonyl (C=O) groups excluding carboxylic acids is 4. The van der Waals surface area contributed by atoms with Crippen LogP contribution < -0.4 is 216 Å². The summed E-state index contributed by atoms with van der Waals surface area (Å²) in [5.74, 6) is -3.63. The number of carboxylic acid groups (broad SMARTS) is 2. The van der Waals surface area contributed by atoms with Crippen molar-refractivity contribution in [1.82, 2.24) is 0 Å². The van der Waals surface area contributed by atoms with Crippen molar-refractivity contribution >= 4 is 47.4 Å². The molecular formula is C4K4O6S2. The van der Waals surface area contributed by atoms with E-state index in [9.17, 15) is 9.59 Å².